The number of carbonyl (C=O) groups excluding carboxylic acids is 3. The summed E-state index contributed by atoms with van der Waals surface area (Å²) in [4.78, 5) is 37.5. The second-order valence-corrected chi connectivity index (χ2v) is 9.26. The van der Waals surface area contributed by atoms with Gasteiger partial charge < -0.3 is 14.2 Å². The highest BCUT2D eigenvalue weighted by molar-refractivity contribution is 6.31. The van der Waals surface area contributed by atoms with Gasteiger partial charge in [-0.15, -0.1) is 0 Å². The largest absolute Gasteiger partial charge is 0.484 e. The van der Waals surface area contributed by atoms with Crippen molar-refractivity contribution >= 4 is 47.3 Å². The number of nitrogens with zero attached hydrogens (tertiary/aromatic N) is 1. The summed E-state index contributed by atoms with van der Waals surface area (Å²) in [5.74, 6) is -1.10. The van der Waals surface area contributed by atoms with Gasteiger partial charge in [0, 0.05) is 21.7 Å². The van der Waals surface area contributed by atoms with Gasteiger partial charge in [-0.1, -0.05) is 40.9 Å². The zero-order valence-corrected chi connectivity index (χ0v) is 22.6. The molecule has 4 rings (SSSR count). The monoisotopic (exact) mass is 576 g/mol. The van der Waals surface area contributed by atoms with Crippen LogP contribution in [0, 0.1) is 6.92 Å². The van der Waals surface area contributed by atoms with Crippen LogP contribution in [0.5, 0.6) is 17.2 Å². The molecule has 0 aromatic heterocycles. The number of aryl methyl sites for hydroxylation is 1. The van der Waals surface area contributed by atoms with Crippen LogP contribution in [0.3, 0.4) is 0 Å². The fourth-order valence-electron chi connectivity index (χ4n) is 3.26. The molecule has 0 radical (unpaired) electrons. The molecule has 0 atom stereocenters. The maximum absolute atomic E-state index is 12.8. The van der Waals surface area contributed by atoms with Gasteiger partial charge in [0.15, 0.2) is 6.61 Å². The average molecular weight is 577 g/mol. The average Bonchev–Trinajstić information content (AvgIpc) is 2.94. The first-order chi connectivity index (χ1) is 19.3. The standard InChI is InChI=1S/C30H22Cl2N2O6/c1-19-2-13-25(14-3-19)38-18-28(35)34-33-17-22-8-15-26(39-29(36)20-4-9-23(31)10-5-20)16-27(22)40-30(37)21-6-11-24(32)12-7-21/h2-17H,18H2,1H3,(H,34,35). The summed E-state index contributed by atoms with van der Waals surface area (Å²) in [5, 5.41) is 4.87. The maximum atomic E-state index is 12.8. The molecule has 10 heteroatoms. The van der Waals surface area contributed by atoms with E-state index in [2.05, 4.69) is 10.5 Å². The maximum Gasteiger partial charge on any atom is 0.343 e. The molecule has 0 heterocycles. The lowest BCUT2D eigenvalue weighted by molar-refractivity contribution is -0.123. The van der Waals surface area contributed by atoms with Gasteiger partial charge in [-0.25, -0.2) is 15.0 Å². The molecule has 0 aliphatic heterocycles. The third kappa shape index (κ3) is 8.17. The number of hydrazone groups is 1. The molecule has 1 N–H and O–H groups in total. The first kappa shape index (κ1) is 28.4. The lowest BCUT2D eigenvalue weighted by Crippen LogP contribution is -2.24. The summed E-state index contributed by atoms with van der Waals surface area (Å²) in [6.07, 6.45) is 1.29. The van der Waals surface area contributed by atoms with E-state index in [0.29, 0.717) is 21.4 Å². The van der Waals surface area contributed by atoms with Crippen LogP contribution in [0.4, 0.5) is 0 Å². The molecule has 0 aliphatic rings. The lowest BCUT2D eigenvalue weighted by atomic mass is 10.2. The fourth-order valence-corrected chi connectivity index (χ4v) is 3.51. The highest BCUT2D eigenvalue weighted by Gasteiger charge is 2.15. The van der Waals surface area contributed by atoms with E-state index in [1.807, 2.05) is 19.1 Å². The van der Waals surface area contributed by atoms with Crippen LogP contribution in [0.2, 0.25) is 10.0 Å². The van der Waals surface area contributed by atoms with Crippen molar-refractivity contribution in [1.29, 1.82) is 0 Å². The second-order valence-electron chi connectivity index (χ2n) is 8.39. The number of hydrogen-bond acceptors (Lipinski definition) is 7. The number of esters is 2. The number of benzene rings is 4. The number of amides is 1. The van der Waals surface area contributed by atoms with Gasteiger partial charge >= 0.3 is 11.9 Å². The van der Waals surface area contributed by atoms with Crippen molar-refractivity contribution < 1.29 is 28.6 Å². The minimum atomic E-state index is -0.678. The Morgan fingerprint density at radius 2 is 1.30 bits per heavy atom. The highest BCUT2D eigenvalue weighted by Crippen LogP contribution is 2.26. The van der Waals surface area contributed by atoms with E-state index in [1.165, 1.54) is 48.7 Å². The Morgan fingerprint density at radius 3 is 1.90 bits per heavy atom. The number of ether oxygens (including phenoxy) is 3. The van der Waals surface area contributed by atoms with Crippen molar-refractivity contribution in [2.24, 2.45) is 5.10 Å². The first-order valence-corrected chi connectivity index (χ1v) is 12.6. The van der Waals surface area contributed by atoms with Gasteiger partial charge in [0.1, 0.15) is 17.2 Å². The lowest BCUT2D eigenvalue weighted by Gasteiger charge is -2.11. The van der Waals surface area contributed by atoms with E-state index in [-0.39, 0.29) is 29.2 Å². The Hall–Kier alpha value is -4.66. The second kappa shape index (κ2) is 13.4. The van der Waals surface area contributed by atoms with Crippen molar-refractivity contribution in [1.82, 2.24) is 5.43 Å². The molecular formula is C30H22Cl2N2O6. The Balaban J connectivity index is 1.48. The van der Waals surface area contributed by atoms with E-state index < -0.39 is 17.8 Å². The summed E-state index contributed by atoms with van der Waals surface area (Å²) in [5.41, 5.74) is 4.28. The number of nitrogens with one attached hydrogen (secondary N) is 1. The molecule has 0 fully saturated rings. The summed E-state index contributed by atoms with van der Waals surface area (Å²) < 4.78 is 16.4. The van der Waals surface area contributed by atoms with Crippen LogP contribution in [-0.4, -0.2) is 30.7 Å². The van der Waals surface area contributed by atoms with E-state index in [9.17, 15) is 14.4 Å². The molecule has 8 nitrogen and oxygen atoms in total. The molecule has 4 aromatic rings. The van der Waals surface area contributed by atoms with Gasteiger partial charge in [-0.05, 0) is 79.7 Å². The van der Waals surface area contributed by atoms with Crippen LogP contribution in [0.15, 0.2) is 96.1 Å². The quantitative estimate of drug-likeness (QED) is 0.109. The third-order valence-corrected chi connectivity index (χ3v) is 5.85. The molecule has 0 saturated carbocycles. The molecule has 1 amide bonds. The van der Waals surface area contributed by atoms with Crippen molar-refractivity contribution in [3.05, 3.63) is 123 Å². The first-order valence-electron chi connectivity index (χ1n) is 11.9. The summed E-state index contributed by atoms with van der Waals surface area (Å²) in [6, 6.07) is 24.0. The van der Waals surface area contributed by atoms with Crippen molar-refractivity contribution in [3.63, 3.8) is 0 Å². The molecule has 202 valence electrons. The van der Waals surface area contributed by atoms with Crippen LogP contribution in [-0.2, 0) is 4.79 Å². The van der Waals surface area contributed by atoms with E-state index >= 15 is 0 Å². The molecule has 40 heavy (non-hydrogen) atoms. The molecule has 0 saturated heterocycles. The van der Waals surface area contributed by atoms with Crippen molar-refractivity contribution in [2.75, 3.05) is 6.61 Å². The van der Waals surface area contributed by atoms with Crippen molar-refractivity contribution in [3.8, 4) is 17.2 Å². The van der Waals surface area contributed by atoms with Gasteiger partial charge in [0.05, 0.1) is 17.3 Å². The molecule has 0 spiro atoms. The summed E-state index contributed by atoms with van der Waals surface area (Å²) >= 11 is 11.8. The van der Waals surface area contributed by atoms with Gasteiger partial charge in [0.2, 0.25) is 0 Å². The Morgan fingerprint density at radius 1 is 0.750 bits per heavy atom. The Labute approximate surface area is 240 Å². The van der Waals surface area contributed by atoms with Crippen LogP contribution < -0.4 is 19.6 Å². The van der Waals surface area contributed by atoms with Crippen LogP contribution in [0.25, 0.3) is 0 Å². The molecule has 0 bridgehead atoms. The summed E-state index contributed by atoms with van der Waals surface area (Å²) in [6.45, 7) is 1.70. The van der Waals surface area contributed by atoms with Crippen LogP contribution >= 0.6 is 23.2 Å². The van der Waals surface area contributed by atoms with E-state index in [4.69, 9.17) is 37.4 Å². The Bertz CT molecular complexity index is 1540. The minimum absolute atomic E-state index is 0.0373. The zero-order chi connectivity index (χ0) is 28.5. The predicted octanol–water partition coefficient (Wildman–Crippen LogP) is 6.27. The topological polar surface area (TPSA) is 103 Å². The number of rotatable bonds is 9. The smallest absolute Gasteiger partial charge is 0.343 e. The van der Waals surface area contributed by atoms with E-state index in [0.717, 1.165) is 5.56 Å². The normalized spacial score (nSPS) is 10.7. The Kier molecular flexibility index (Phi) is 9.51. The van der Waals surface area contributed by atoms with Gasteiger partial charge in [-0.3, -0.25) is 4.79 Å². The molecular weight excluding hydrogens is 555 g/mol. The predicted molar refractivity (Wildman–Crippen MR) is 152 cm³/mol. The number of carbonyl (C=O) groups is 3. The molecule has 4 aromatic carbocycles. The minimum Gasteiger partial charge on any atom is -0.484 e. The van der Waals surface area contributed by atoms with Gasteiger partial charge in [0.25, 0.3) is 5.91 Å². The zero-order valence-electron chi connectivity index (χ0n) is 21.1. The molecule has 0 aliphatic carbocycles. The number of halogens is 2. The van der Waals surface area contributed by atoms with Gasteiger partial charge in [-0.2, -0.15) is 5.10 Å². The van der Waals surface area contributed by atoms with E-state index in [1.54, 1.807) is 36.4 Å². The fraction of sp³-hybridized carbons (Fsp3) is 0.0667. The summed E-state index contributed by atoms with van der Waals surface area (Å²) in [7, 11) is 0. The number of hydrogen-bond donors (Lipinski definition) is 1. The SMILES string of the molecule is Cc1ccc(OCC(=O)NN=Cc2ccc(OC(=O)c3ccc(Cl)cc3)cc2OC(=O)c2ccc(Cl)cc2)cc1. The van der Waals surface area contributed by atoms with Crippen LogP contribution in [0.1, 0.15) is 31.8 Å². The third-order valence-electron chi connectivity index (χ3n) is 5.34. The van der Waals surface area contributed by atoms with Crippen molar-refractivity contribution in [2.45, 2.75) is 6.92 Å². The molecule has 0 unspecified atom stereocenters. The highest BCUT2D eigenvalue weighted by atomic mass is 35.5.